The summed E-state index contributed by atoms with van der Waals surface area (Å²) in [4.78, 5) is 62.0. The molecule has 10 heteroatoms. The van der Waals surface area contributed by atoms with E-state index in [1.807, 2.05) is 49.1 Å². The summed E-state index contributed by atoms with van der Waals surface area (Å²) < 4.78 is 6.42. The topological polar surface area (TPSA) is 121 Å². The van der Waals surface area contributed by atoms with Crippen LogP contribution in [-0.4, -0.2) is 83.8 Å². The van der Waals surface area contributed by atoms with Gasteiger partial charge in [-0.05, 0) is 23.1 Å². The monoisotopic (exact) mass is 545 g/mol. The molecule has 2 N–H and O–H groups in total. The number of carbonyl (C=O) groups excluding carboxylic acids is 4. The van der Waals surface area contributed by atoms with Crippen molar-refractivity contribution in [1.29, 1.82) is 0 Å². The zero-order valence-corrected chi connectivity index (χ0v) is 23.0. The van der Waals surface area contributed by atoms with Crippen LogP contribution >= 0.6 is 0 Å². The lowest BCUT2D eigenvalue weighted by atomic mass is 9.71. The Kier molecular flexibility index (Phi) is 6.40. The van der Waals surface area contributed by atoms with Crippen molar-refractivity contribution < 1.29 is 23.9 Å². The number of aromatic nitrogens is 1. The van der Waals surface area contributed by atoms with Crippen molar-refractivity contribution in [2.24, 2.45) is 28.6 Å². The van der Waals surface area contributed by atoms with Crippen molar-refractivity contribution in [2.45, 2.75) is 32.6 Å². The number of rotatable bonds is 5. The first-order chi connectivity index (χ1) is 19.2. The molecule has 7 rings (SSSR count). The summed E-state index contributed by atoms with van der Waals surface area (Å²) in [5, 5.41) is 5.71. The van der Waals surface area contributed by atoms with Gasteiger partial charge in [0.2, 0.25) is 17.7 Å². The van der Waals surface area contributed by atoms with Crippen molar-refractivity contribution >= 4 is 23.6 Å². The molecule has 40 heavy (non-hydrogen) atoms. The Hall–Kier alpha value is -3.79. The second kappa shape index (κ2) is 9.69. The molecule has 5 fully saturated rings. The molecule has 4 aliphatic heterocycles. The maximum absolute atomic E-state index is 14.0. The molecule has 4 saturated heterocycles. The number of nitrogens with zero attached hydrogens (tertiary/aromatic N) is 3. The lowest BCUT2D eigenvalue weighted by Gasteiger charge is -2.50. The third-order valence-electron chi connectivity index (χ3n) is 9.43. The largest absolute Gasteiger partial charge is 0.371 e. The van der Waals surface area contributed by atoms with E-state index in [1.54, 1.807) is 29.3 Å². The average Bonchev–Trinajstić information content (AvgIpc) is 3.30. The Bertz CT molecular complexity index is 1330. The summed E-state index contributed by atoms with van der Waals surface area (Å²) in [6, 6.07) is 13.8. The van der Waals surface area contributed by atoms with Gasteiger partial charge in [-0.3, -0.25) is 24.2 Å². The first-order valence-corrected chi connectivity index (χ1v) is 13.8. The lowest BCUT2D eigenvalue weighted by molar-refractivity contribution is -0.151. The van der Waals surface area contributed by atoms with E-state index in [2.05, 4.69) is 15.6 Å². The molecule has 10 nitrogen and oxygen atoms in total. The van der Waals surface area contributed by atoms with Crippen LogP contribution in [-0.2, 0) is 25.7 Å². The van der Waals surface area contributed by atoms with E-state index in [0.29, 0.717) is 25.3 Å². The number of nitrogens with one attached hydrogen (secondary N) is 2. The second-order valence-corrected chi connectivity index (χ2v) is 12.2. The van der Waals surface area contributed by atoms with Gasteiger partial charge < -0.3 is 25.2 Å². The molecule has 5 atom stereocenters. The predicted octanol–water partition coefficient (Wildman–Crippen LogP) is 1.08. The number of hydrogen-bond donors (Lipinski definition) is 2. The highest BCUT2D eigenvalue weighted by Crippen LogP contribution is 2.63. The standard InChI is InChI=1S/C30H35N5O5/c1-29(2)21-22(29)28(39)35-16-30(17-35)15-34(27(38)20-11-7-8-12-32-20)13-19(30)25(36)33-23(26(37)31-3)24(21)40-14-18-9-5-4-6-10-18/h4-12,19,21-24H,13-17H2,1-3H3,(H,31,37)(H,33,36)/t19-,21?,22-,23+,24-/m1/s1. The van der Waals surface area contributed by atoms with Gasteiger partial charge in [0.25, 0.3) is 5.91 Å². The lowest BCUT2D eigenvalue weighted by Crippen LogP contribution is -2.65. The predicted molar refractivity (Wildman–Crippen MR) is 144 cm³/mol. The number of ether oxygens (including phenoxy) is 1. The molecule has 1 spiro atoms. The van der Waals surface area contributed by atoms with Crippen molar-refractivity contribution in [3.8, 4) is 0 Å². The van der Waals surface area contributed by atoms with E-state index >= 15 is 0 Å². The van der Waals surface area contributed by atoms with Crippen LogP contribution in [0.2, 0.25) is 0 Å². The van der Waals surface area contributed by atoms with Crippen molar-refractivity contribution in [1.82, 2.24) is 25.4 Å². The summed E-state index contributed by atoms with van der Waals surface area (Å²) >= 11 is 0. The SMILES string of the molecule is CNC(=O)[C@H]1NC(=O)[C@H]2CN(C(=O)c3ccccn3)CC23CN(C3)C(=O)[C@H]2C([C@H]1OCc1ccccc1)C2(C)C. The zero-order valence-electron chi connectivity index (χ0n) is 23.0. The van der Waals surface area contributed by atoms with E-state index in [9.17, 15) is 19.2 Å². The third kappa shape index (κ3) is 4.25. The molecular formula is C30H35N5O5. The molecule has 1 aromatic heterocycles. The number of benzene rings is 1. The molecule has 5 aliphatic rings. The third-order valence-corrected chi connectivity index (χ3v) is 9.43. The summed E-state index contributed by atoms with van der Waals surface area (Å²) in [5.74, 6) is -2.06. The van der Waals surface area contributed by atoms with Gasteiger partial charge in [-0.1, -0.05) is 50.2 Å². The van der Waals surface area contributed by atoms with E-state index in [4.69, 9.17) is 4.74 Å². The fraction of sp³-hybridized carbons (Fsp3) is 0.500. The zero-order chi connectivity index (χ0) is 28.2. The first-order valence-electron chi connectivity index (χ1n) is 13.8. The molecule has 2 bridgehead atoms. The molecule has 0 radical (unpaired) electrons. The molecule has 2 aromatic rings. The van der Waals surface area contributed by atoms with Gasteiger partial charge in [-0.15, -0.1) is 0 Å². The Labute approximate surface area is 233 Å². The Balaban J connectivity index is 1.33. The van der Waals surface area contributed by atoms with Gasteiger partial charge in [0, 0.05) is 56.7 Å². The number of pyridine rings is 1. The molecule has 5 heterocycles. The van der Waals surface area contributed by atoms with Crippen LogP contribution in [0.15, 0.2) is 54.7 Å². The maximum atomic E-state index is 14.0. The Morgan fingerprint density at radius 3 is 2.48 bits per heavy atom. The normalized spacial score (nSPS) is 29.7. The number of likely N-dealkylation sites (N-methyl/N-ethyl adjacent to an activating group) is 1. The molecule has 1 unspecified atom stereocenters. The van der Waals surface area contributed by atoms with Crippen molar-refractivity contribution in [3.63, 3.8) is 0 Å². The van der Waals surface area contributed by atoms with Gasteiger partial charge in [0.05, 0.1) is 18.6 Å². The molecule has 1 saturated carbocycles. The van der Waals surface area contributed by atoms with Crippen LogP contribution in [0.25, 0.3) is 0 Å². The van der Waals surface area contributed by atoms with E-state index in [1.165, 1.54) is 7.05 Å². The van der Waals surface area contributed by atoms with Crippen LogP contribution in [0, 0.1) is 28.6 Å². The summed E-state index contributed by atoms with van der Waals surface area (Å²) in [6.45, 7) is 5.62. The molecule has 4 amide bonds. The summed E-state index contributed by atoms with van der Waals surface area (Å²) in [6.07, 6.45) is 0.851. The number of amides is 4. The van der Waals surface area contributed by atoms with Gasteiger partial charge in [-0.2, -0.15) is 0 Å². The fourth-order valence-electron chi connectivity index (χ4n) is 7.17. The molecule has 1 aromatic carbocycles. The second-order valence-electron chi connectivity index (χ2n) is 12.2. The van der Waals surface area contributed by atoms with Crippen molar-refractivity contribution in [2.75, 3.05) is 33.2 Å². The van der Waals surface area contributed by atoms with E-state index < -0.39 is 28.9 Å². The number of fused-ring (bicyclic) bond motifs is 3. The first kappa shape index (κ1) is 26.4. The molecular weight excluding hydrogens is 510 g/mol. The number of hydrogen-bond acceptors (Lipinski definition) is 6. The van der Waals surface area contributed by atoms with Crippen LogP contribution < -0.4 is 10.6 Å². The smallest absolute Gasteiger partial charge is 0.272 e. The van der Waals surface area contributed by atoms with E-state index in [-0.39, 0.29) is 48.6 Å². The maximum Gasteiger partial charge on any atom is 0.272 e. The Morgan fingerprint density at radius 1 is 1.07 bits per heavy atom. The van der Waals surface area contributed by atoms with E-state index in [0.717, 1.165) is 5.56 Å². The highest BCUT2D eigenvalue weighted by Gasteiger charge is 2.70. The van der Waals surface area contributed by atoms with Gasteiger partial charge in [0.1, 0.15) is 11.7 Å². The minimum absolute atomic E-state index is 0.0206. The quantitative estimate of drug-likeness (QED) is 0.580. The van der Waals surface area contributed by atoms with Crippen molar-refractivity contribution in [3.05, 3.63) is 66.0 Å². The number of carbonyl (C=O) groups is 4. The van der Waals surface area contributed by atoms with Gasteiger partial charge >= 0.3 is 0 Å². The molecule has 210 valence electrons. The van der Waals surface area contributed by atoms with Crippen LogP contribution in [0.3, 0.4) is 0 Å². The van der Waals surface area contributed by atoms with Crippen LogP contribution in [0.5, 0.6) is 0 Å². The van der Waals surface area contributed by atoms with Gasteiger partial charge in [-0.25, -0.2) is 0 Å². The van der Waals surface area contributed by atoms with Crippen LogP contribution in [0.1, 0.15) is 29.9 Å². The summed E-state index contributed by atoms with van der Waals surface area (Å²) in [7, 11) is 1.53. The van der Waals surface area contributed by atoms with Crippen LogP contribution in [0.4, 0.5) is 0 Å². The minimum atomic E-state index is -0.994. The minimum Gasteiger partial charge on any atom is -0.371 e. The van der Waals surface area contributed by atoms with Gasteiger partial charge in [0.15, 0.2) is 0 Å². The highest BCUT2D eigenvalue weighted by atomic mass is 16.5. The average molecular weight is 546 g/mol. The summed E-state index contributed by atoms with van der Waals surface area (Å²) in [5.41, 5.74) is 0.265. The Morgan fingerprint density at radius 2 is 1.80 bits per heavy atom. The highest BCUT2D eigenvalue weighted by molar-refractivity contribution is 5.95. The fourth-order valence-corrected chi connectivity index (χ4v) is 7.17. The number of likely N-dealkylation sites (tertiary alicyclic amines) is 1. The molecule has 1 aliphatic carbocycles.